The number of ether oxygens (including phenoxy) is 1. The number of nitrogens with one attached hydrogen (secondary N) is 1. The molecule has 2 N–H and O–H groups in total. The highest BCUT2D eigenvalue weighted by molar-refractivity contribution is 5.75. The van der Waals surface area contributed by atoms with Gasteiger partial charge in [0.15, 0.2) is 0 Å². The quantitative estimate of drug-likeness (QED) is 0.752. The molecular weight excluding hydrogens is 261 g/mol. The molecule has 0 spiro atoms. The van der Waals surface area contributed by atoms with E-state index in [4.69, 9.17) is 4.74 Å². The number of halogens is 1. The van der Waals surface area contributed by atoms with Crippen LogP contribution in [0.3, 0.4) is 0 Å². The number of methoxy groups -OCH3 is 1. The van der Waals surface area contributed by atoms with Crippen LogP contribution >= 0.6 is 0 Å². The Labute approximate surface area is 119 Å². The summed E-state index contributed by atoms with van der Waals surface area (Å²) in [6.45, 7) is 4.22. The van der Waals surface area contributed by atoms with Crippen LogP contribution in [0.25, 0.3) is 0 Å². The Hall–Kier alpha value is -1.46. The van der Waals surface area contributed by atoms with Crippen molar-refractivity contribution in [2.45, 2.75) is 32.4 Å². The molecule has 0 radical (unpaired) electrons. The Kier molecular flexibility index (Phi) is 6.61. The first kappa shape index (κ1) is 16.6. The van der Waals surface area contributed by atoms with Crippen molar-refractivity contribution in [2.24, 2.45) is 5.92 Å². The number of aliphatic hydroxyl groups is 1. The van der Waals surface area contributed by atoms with E-state index in [-0.39, 0.29) is 18.3 Å². The van der Waals surface area contributed by atoms with Gasteiger partial charge in [0, 0.05) is 6.54 Å². The second-order valence-corrected chi connectivity index (χ2v) is 5.18. The molecule has 0 aliphatic heterocycles. The van der Waals surface area contributed by atoms with Crippen LogP contribution in [0.4, 0.5) is 4.39 Å². The van der Waals surface area contributed by atoms with Gasteiger partial charge in [-0.3, -0.25) is 4.79 Å². The van der Waals surface area contributed by atoms with Crippen molar-refractivity contribution in [3.63, 3.8) is 0 Å². The third kappa shape index (κ3) is 5.27. The first-order valence-electron chi connectivity index (χ1n) is 6.68. The zero-order valence-electron chi connectivity index (χ0n) is 12.1. The number of hydrogen-bond donors (Lipinski definition) is 2. The highest BCUT2D eigenvalue weighted by Gasteiger charge is 2.21. The van der Waals surface area contributed by atoms with Crippen LogP contribution < -0.4 is 5.32 Å². The van der Waals surface area contributed by atoms with Crippen molar-refractivity contribution in [1.82, 2.24) is 5.32 Å². The van der Waals surface area contributed by atoms with Gasteiger partial charge in [-0.25, -0.2) is 4.39 Å². The summed E-state index contributed by atoms with van der Waals surface area (Å²) in [5.74, 6) is -0.360. The summed E-state index contributed by atoms with van der Waals surface area (Å²) in [5.41, 5.74) is 0.604. The maximum Gasteiger partial charge on any atom is 0.322 e. The van der Waals surface area contributed by atoms with E-state index >= 15 is 0 Å². The minimum Gasteiger partial charge on any atom is -0.468 e. The standard InChI is InChI=1S/C15H22FNO3/c1-10(2)8-13(15(19)20-3)17-9-14(18)11-4-6-12(16)7-5-11/h4-7,10,13-14,17-18H,8-9H2,1-3H3. The first-order valence-corrected chi connectivity index (χ1v) is 6.68. The highest BCUT2D eigenvalue weighted by Crippen LogP contribution is 2.14. The predicted octanol–water partition coefficient (Wildman–Crippen LogP) is 2.04. The molecule has 20 heavy (non-hydrogen) atoms. The van der Waals surface area contributed by atoms with Crippen molar-refractivity contribution >= 4 is 5.97 Å². The summed E-state index contributed by atoms with van der Waals surface area (Å²) in [4.78, 5) is 11.6. The average Bonchev–Trinajstić information content (AvgIpc) is 2.42. The number of carbonyl (C=O) groups is 1. The van der Waals surface area contributed by atoms with E-state index in [0.717, 1.165) is 0 Å². The first-order chi connectivity index (χ1) is 9.43. The molecule has 112 valence electrons. The second kappa shape index (κ2) is 7.97. The number of benzene rings is 1. The van der Waals surface area contributed by atoms with E-state index in [1.165, 1.54) is 31.4 Å². The van der Waals surface area contributed by atoms with Crippen LogP contribution in [0.5, 0.6) is 0 Å². The van der Waals surface area contributed by atoms with Crippen molar-refractivity contribution < 1.29 is 19.0 Å². The van der Waals surface area contributed by atoms with Gasteiger partial charge in [0.2, 0.25) is 0 Å². The van der Waals surface area contributed by atoms with Crippen LogP contribution in [0.2, 0.25) is 0 Å². The monoisotopic (exact) mass is 283 g/mol. The molecule has 0 aliphatic carbocycles. The Bertz CT molecular complexity index is 420. The van der Waals surface area contributed by atoms with Crippen LogP contribution in [-0.2, 0) is 9.53 Å². The Morgan fingerprint density at radius 2 is 1.95 bits per heavy atom. The lowest BCUT2D eigenvalue weighted by molar-refractivity contribution is -0.143. The smallest absolute Gasteiger partial charge is 0.322 e. The maximum absolute atomic E-state index is 12.8. The summed E-state index contributed by atoms with van der Waals surface area (Å²) < 4.78 is 17.5. The second-order valence-electron chi connectivity index (χ2n) is 5.18. The molecule has 2 atom stereocenters. The number of rotatable bonds is 7. The van der Waals surface area contributed by atoms with Crippen LogP contribution in [0, 0.1) is 11.7 Å². The Morgan fingerprint density at radius 1 is 1.35 bits per heavy atom. The van der Waals surface area contributed by atoms with E-state index in [9.17, 15) is 14.3 Å². The molecule has 0 fully saturated rings. The summed E-state index contributed by atoms with van der Waals surface area (Å²) >= 11 is 0. The fraction of sp³-hybridized carbons (Fsp3) is 0.533. The molecular formula is C15H22FNO3. The molecule has 0 aliphatic rings. The molecule has 5 heteroatoms. The van der Waals surface area contributed by atoms with Gasteiger partial charge >= 0.3 is 5.97 Å². The molecule has 1 aromatic rings. The van der Waals surface area contributed by atoms with Gasteiger partial charge in [-0.2, -0.15) is 0 Å². The zero-order valence-corrected chi connectivity index (χ0v) is 12.1. The minimum atomic E-state index is -0.796. The fourth-order valence-corrected chi connectivity index (χ4v) is 1.93. The Morgan fingerprint density at radius 3 is 2.45 bits per heavy atom. The summed E-state index contributed by atoms with van der Waals surface area (Å²) in [6.07, 6.45) is -0.169. The Balaban J connectivity index is 2.57. The van der Waals surface area contributed by atoms with E-state index in [0.29, 0.717) is 17.9 Å². The van der Waals surface area contributed by atoms with E-state index in [2.05, 4.69) is 5.32 Å². The van der Waals surface area contributed by atoms with Crippen LogP contribution in [-0.4, -0.2) is 30.8 Å². The van der Waals surface area contributed by atoms with Crippen molar-refractivity contribution in [2.75, 3.05) is 13.7 Å². The van der Waals surface area contributed by atoms with E-state index in [1.54, 1.807) is 0 Å². The minimum absolute atomic E-state index is 0.206. The largest absolute Gasteiger partial charge is 0.468 e. The molecule has 1 rings (SSSR count). The molecule has 1 aromatic carbocycles. The molecule has 4 nitrogen and oxygen atoms in total. The van der Waals surface area contributed by atoms with Gasteiger partial charge in [0.1, 0.15) is 11.9 Å². The van der Waals surface area contributed by atoms with Gasteiger partial charge in [-0.1, -0.05) is 26.0 Å². The molecule has 2 unspecified atom stereocenters. The number of carbonyl (C=O) groups excluding carboxylic acids is 1. The van der Waals surface area contributed by atoms with Crippen LogP contribution in [0.1, 0.15) is 31.9 Å². The van der Waals surface area contributed by atoms with Crippen molar-refractivity contribution in [3.05, 3.63) is 35.6 Å². The lowest BCUT2D eigenvalue weighted by atomic mass is 10.0. The normalized spacial score (nSPS) is 14.1. The lowest BCUT2D eigenvalue weighted by Gasteiger charge is -2.20. The summed E-state index contributed by atoms with van der Waals surface area (Å²) in [6, 6.07) is 5.19. The van der Waals surface area contributed by atoms with E-state index in [1.807, 2.05) is 13.8 Å². The average molecular weight is 283 g/mol. The highest BCUT2D eigenvalue weighted by atomic mass is 19.1. The molecule has 0 aromatic heterocycles. The molecule has 0 heterocycles. The number of hydrogen-bond acceptors (Lipinski definition) is 4. The molecule has 0 saturated carbocycles. The van der Waals surface area contributed by atoms with Crippen LogP contribution in [0.15, 0.2) is 24.3 Å². The van der Waals surface area contributed by atoms with Crippen molar-refractivity contribution in [3.8, 4) is 0 Å². The van der Waals surface area contributed by atoms with Crippen molar-refractivity contribution in [1.29, 1.82) is 0 Å². The number of esters is 1. The molecule has 0 saturated heterocycles. The third-order valence-electron chi connectivity index (χ3n) is 3.01. The number of aliphatic hydroxyl groups excluding tert-OH is 1. The molecule has 0 amide bonds. The molecule has 0 bridgehead atoms. The van der Waals surface area contributed by atoms with Gasteiger partial charge in [-0.15, -0.1) is 0 Å². The summed E-state index contributed by atoms with van der Waals surface area (Å²) in [5, 5.41) is 13.0. The van der Waals surface area contributed by atoms with Gasteiger partial charge in [0.05, 0.1) is 13.2 Å². The maximum atomic E-state index is 12.8. The van der Waals surface area contributed by atoms with Gasteiger partial charge in [0.25, 0.3) is 0 Å². The van der Waals surface area contributed by atoms with Gasteiger partial charge in [-0.05, 0) is 30.0 Å². The SMILES string of the molecule is COC(=O)C(CC(C)C)NCC(O)c1ccc(F)cc1. The summed E-state index contributed by atoms with van der Waals surface area (Å²) in [7, 11) is 1.34. The van der Waals surface area contributed by atoms with Gasteiger partial charge < -0.3 is 15.2 Å². The predicted molar refractivity (Wildman–Crippen MR) is 74.6 cm³/mol. The third-order valence-corrected chi connectivity index (χ3v) is 3.01. The fourth-order valence-electron chi connectivity index (χ4n) is 1.93. The topological polar surface area (TPSA) is 58.6 Å². The van der Waals surface area contributed by atoms with E-state index < -0.39 is 12.1 Å². The lowest BCUT2D eigenvalue weighted by Crippen LogP contribution is -2.40. The zero-order chi connectivity index (χ0) is 15.1.